The Morgan fingerprint density at radius 2 is 1.72 bits per heavy atom. The van der Waals surface area contributed by atoms with Gasteiger partial charge in [-0.25, -0.2) is 0 Å². The number of nitrogens with one attached hydrogen (secondary N) is 1. The largest absolute Gasteiger partial charge is 0.497 e. The predicted octanol–water partition coefficient (Wildman–Crippen LogP) is 5.21. The molecule has 8 rings (SSSR count). The number of rotatable bonds is 13. The van der Waals surface area contributed by atoms with Crippen molar-refractivity contribution in [1.29, 1.82) is 0 Å². The van der Waals surface area contributed by atoms with Crippen molar-refractivity contribution in [3.63, 3.8) is 0 Å². The van der Waals surface area contributed by atoms with Crippen LogP contribution in [-0.4, -0.2) is 86.6 Å². The van der Waals surface area contributed by atoms with E-state index >= 15 is 4.79 Å². The maximum atomic E-state index is 15.4. The molecule has 2 N–H and O–H groups in total. The SMILES string of the molecule is COc1ccc([Si](C)(C)[C@@H]2[C@@H](CCn3cc(C(CO)c4ccccc4)nn3)O[C@]3(C(=O)N(Cc4cccc(N5CCNCC5=O)c4)c4ccc(OC)cc43)[C@H]2C)cc1. The number of methoxy groups -OCH3 is 2. The number of hydrogen-bond acceptors (Lipinski definition) is 9. The molecule has 1 aromatic heterocycles. The van der Waals surface area contributed by atoms with Crippen LogP contribution in [0.5, 0.6) is 11.5 Å². The number of aromatic nitrogens is 3. The van der Waals surface area contributed by atoms with Crippen LogP contribution in [0.3, 0.4) is 0 Å². The Morgan fingerprint density at radius 1 is 0.966 bits per heavy atom. The van der Waals surface area contributed by atoms with E-state index in [9.17, 15) is 9.90 Å². The van der Waals surface area contributed by atoms with E-state index in [1.54, 1.807) is 19.1 Å². The summed E-state index contributed by atoms with van der Waals surface area (Å²) in [6.45, 7) is 9.28. The first kappa shape index (κ1) is 39.5. The average Bonchev–Trinajstić information content (AvgIpc) is 3.91. The number of benzene rings is 4. The second-order valence-electron chi connectivity index (χ2n) is 16.2. The molecule has 4 heterocycles. The molecule has 2 fully saturated rings. The molecular formula is C45H52N6O6Si. The minimum absolute atomic E-state index is 0.0170. The molecule has 2 saturated heterocycles. The third-order valence-corrected chi connectivity index (χ3v) is 17.0. The van der Waals surface area contributed by atoms with Crippen LogP contribution in [0.1, 0.15) is 41.6 Å². The molecule has 0 bridgehead atoms. The number of carbonyl (C=O) groups excluding carboxylic acids is 2. The van der Waals surface area contributed by atoms with Gasteiger partial charge in [0.05, 0.1) is 65.4 Å². The number of hydrogen-bond donors (Lipinski definition) is 2. The van der Waals surface area contributed by atoms with Gasteiger partial charge >= 0.3 is 0 Å². The molecule has 302 valence electrons. The molecule has 3 aliphatic rings. The minimum atomic E-state index is -2.41. The summed E-state index contributed by atoms with van der Waals surface area (Å²) in [5.74, 6) is 0.873. The van der Waals surface area contributed by atoms with E-state index in [0.717, 1.165) is 40.4 Å². The molecule has 58 heavy (non-hydrogen) atoms. The lowest BCUT2D eigenvalue weighted by atomic mass is 9.82. The molecule has 5 aromatic rings. The number of aliphatic hydroxyl groups is 1. The zero-order valence-corrected chi connectivity index (χ0v) is 34.8. The fourth-order valence-corrected chi connectivity index (χ4v) is 13.7. The quantitative estimate of drug-likeness (QED) is 0.154. The Labute approximate surface area is 340 Å². The highest BCUT2D eigenvalue weighted by atomic mass is 28.3. The summed E-state index contributed by atoms with van der Waals surface area (Å²) >= 11 is 0. The van der Waals surface area contributed by atoms with Crippen molar-refractivity contribution in [3.05, 3.63) is 126 Å². The first-order chi connectivity index (χ1) is 28.1. The van der Waals surface area contributed by atoms with E-state index in [4.69, 9.17) is 14.2 Å². The van der Waals surface area contributed by atoms with Crippen LogP contribution >= 0.6 is 0 Å². The molecular weight excluding hydrogens is 749 g/mol. The molecule has 1 unspecified atom stereocenters. The van der Waals surface area contributed by atoms with E-state index in [0.29, 0.717) is 44.0 Å². The van der Waals surface area contributed by atoms with E-state index in [2.05, 4.69) is 47.8 Å². The zero-order chi connectivity index (χ0) is 40.6. The number of amides is 2. The van der Waals surface area contributed by atoms with Crippen LogP contribution in [0, 0.1) is 5.92 Å². The second kappa shape index (κ2) is 16.1. The summed E-state index contributed by atoms with van der Waals surface area (Å²) in [6.07, 6.45) is 2.20. The topological polar surface area (TPSA) is 131 Å². The van der Waals surface area contributed by atoms with Gasteiger partial charge in [0.25, 0.3) is 5.91 Å². The smallest absolute Gasteiger partial charge is 0.264 e. The standard InChI is InChI=1S/C45H52N6O6Si/c1-30-43(58(4,5)36-17-14-34(55-2)15-18-36)41(20-22-49-28-39(47-48-49)37(29-52)32-11-7-6-8-12-32)57-45(30)38-25-35(56-3)16-19-40(38)51(44(45)54)27-31-10-9-13-33(24-31)50-23-21-46-26-42(50)53/h6-19,24-25,28,30,37,41,43,46,52H,20-23,26-27,29H2,1-5H3/t30-,37?,41+,43-,45+/m0/s1. The second-order valence-corrected chi connectivity index (χ2v) is 20.9. The Hall–Kier alpha value is -5.34. The van der Waals surface area contributed by atoms with Gasteiger partial charge in [0.15, 0.2) is 5.60 Å². The lowest BCUT2D eigenvalue weighted by Gasteiger charge is -2.37. The van der Waals surface area contributed by atoms with Gasteiger partial charge in [0, 0.05) is 43.0 Å². The monoisotopic (exact) mass is 800 g/mol. The van der Waals surface area contributed by atoms with E-state index in [-0.39, 0.29) is 41.9 Å². The van der Waals surface area contributed by atoms with Crippen molar-refractivity contribution in [3.8, 4) is 11.5 Å². The third-order valence-electron chi connectivity index (χ3n) is 12.6. The van der Waals surface area contributed by atoms with Crippen molar-refractivity contribution in [2.24, 2.45) is 5.92 Å². The minimum Gasteiger partial charge on any atom is -0.497 e. The molecule has 12 nitrogen and oxygen atoms in total. The molecule has 4 aromatic carbocycles. The summed E-state index contributed by atoms with van der Waals surface area (Å²) in [4.78, 5) is 31.9. The summed E-state index contributed by atoms with van der Waals surface area (Å²) in [7, 11) is 0.905. The van der Waals surface area contributed by atoms with Crippen LogP contribution in [0.2, 0.25) is 18.6 Å². The molecule has 0 saturated carbocycles. The van der Waals surface area contributed by atoms with Crippen LogP contribution < -0.4 is 29.8 Å². The fourth-order valence-electron chi connectivity index (χ4n) is 9.63. The summed E-state index contributed by atoms with van der Waals surface area (Å²) in [5, 5.41) is 23.7. The molecule has 13 heteroatoms. The highest BCUT2D eigenvalue weighted by Crippen LogP contribution is 2.60. The Balaban J connectivity index is 1.15. The molecule has 5 atom stereocenters. The first-order valence-corrected chi connectivity index (χ1v) is 23.2. The number of aryl methyl sites for hydroxylation is 1. The fraction of sp³-hybridized carbons (Fsp3) is 0.378. The van der Waals surface area contributed by atoms with Gasteiger partial charge < -0.3 is 34.4 Å². The number of aliphatic hydroxyl groups excluding tert-OH is 1. The van der Waals surface area contributed by atoms with Crippen molar-refractivity contribution in [2.45, 2.75) is 62.7 Å². The molecule has 1 spiro atoms. The maximum Gasteiger partial charge on any atom is 0.264 e. The van der Waals surface area contributed by atoms with Gasteiger partial charge in [0.1, 0.15) is 11.5 Å². The number of piperazine rings is 1. The summed E-state index contributed by atoms with van der Waals surface area (Å²) in [5.41, 5.74) is 3.76. The number of fused-ring (bicyclic) bond motifs is 2. The molecule has 2 amide bonds. The molecule has 0 aliphatic carbocycles. The zero-order valence-electron chi connectivity index (χ0n) is 33.8. The van der Waals surface area contributed by atoms with Gasteiger partial charge in [-0.05, 0) is 65.6 Å². The first-order valence-electron chi connectivity index (χ1n) is 20.1. The Kier molecular flexibility index (Phi) is 11.0. The van der Waals surface area contributed by atoms with Crippen molar-refractivity contribution >= 4 is 36.4 Å². The van der Waals surface area contributed by atoms with Gasteiger partial charge in [-0.2, -0.15) is 0 Å². The van der Waals surface area contributed by atoms with E-state index in [1.165, 1.54) is 5.19 Å². The Bertz CT molecular complexity index is 2270. The highest BCUT2D eigenvalue weighted by molar-refractivity contribution is 6.91. The number of carbonyl (C=O) groups is 2. The van der Waals surface area contributed by atoms with Crippen LogP contribution in [0.4, 0.5) is 11.4 Å². The van der Waals surface area contributed by atoms with Gasteiger partial charge in [-0.15, -0.1) is 5.10 Å². The molecule has 0 radical (unpaired) electrons. The summed E-state index contributed by atoms with van der Waals surface area (Å²) < 4.78 is 20.5. The maximum absolute atomic E-state index is 15.4. The van der Waals surface area contributed by atoms with Crippen LogP contribution in [0.25, 0.3) is 0 Å². The van der Waals surface area contributed by atoms with Gasteiger partial charge in [0.2, 0.25) is 5.91 Å². The average molecular weight is 801 g/mol. The van der Waals surface area contributed by atoms with Crippen molar-refractivity contribution < 1.29 is 28.9 Å². The van der Waals surface area contributed by atoms with Crippen molar-refractivity contribution in [1.82, 2.24) is 20.3 Å². The van der Waals surface area contributed by atoms with Gasteiger partial charge in [-0.1, -0.05) is 85.0 Å². The lowest BCUT2D eigenvalue weighted by Crippen LogP contribution is -2.51. The highest BCUT2D eigenvalue weighted by Gasteiger charge is 2.66. The predicted molar refractivity (Wildman–Crippen MR) is 225 cm³/mol. The number of ether oxygens (including phenoxy) is 3. The van der Waals surface area contributed by atoms with E-state index < -0.39 is 13.7 Å². The van der Waals surface area contributed by atoms with Crippen molar-refractivity contribution in [2.75, 3.05) is 50.3 Å². The number of anilines is 2. The van der Waals surface area contributed by atoms with Gasteiger partial charge in [-0.3, -0.25) is 14.3 Å². The Morgan fingerprint density at radius 3 is 2.45 bits per heavy atom. The lowest BCUT2D eigenvalue weighted by molar-refractivity contribution is -0.146. The molecule has 3 aliphatic heterocycles. The summed E-state index contributed by atoms with van der Waals surface area (Å²) in [6, 6.07) is 32.0. The van der Waals surface area contributed by atoms with Crippen LogP contribution in [0.15, 0.2) is 103 Å². The number of nitrogens with zero attached hydrogens (tertiary/aromatic N) is 5. The normalized spacial score (nSPS) is 22.4. The van der Waals surface area contributed by atoms with Crippen LogP contribution in [-0.2, 0) is 33.0 Å². The van der Waals surface area contributed by atoms with E-state index in [1.807, 2.05) is 101 Å². The third kappa shape index (κ3) is 6.99.